The highest BCUT2D eigenvalue weighted by Gasteiger charge is 2.40. The van der Waals surface area contributed by atoms with E-state index >= 15 is 0 Å². The zero-order chi connectivity index (χ0) is 28.8. The van der Waals surface area contributed by atoms with E-state index in [1.54, 1.807) is 0 Å². The van der Waals surface area contributed by atoms with Gasteiger partial charge < -0.3 is 19.6 Å². The molecule has 0 radical (unpaired) electrons. The zero-order valence-corrected chi connectivity index (χ0v) is 22.7. The molecule has 2 N–H and O–H groups in total. The van der Waals surface area contributed by atoms with Gasteiger partial charge in [-0.15, -0.1) is 10.2 Å². The van der Waals surface area contributed by atoms with Crippen LogP contribution in [0, 0.1) is 0 Å². The summed E-state index contributed by atoms with van der Waals surface area (Å²) in [5.74, 6) is 1.41. The number of anilines is 1. The second-order valence-corrected chi connectivity index (χ2v) is 10.9. The standard InChI is InChI=1S/C30H29F3N8O/c31-30(32,33)29-38-37-25-17-39(14-15-40(25)29)20-8-10-21(11-9-20)41-16-24(26-27(34)35-18-36-28(26)41)19-6-12-23(13-7-19)42-22-4-2-1-3-5-22/h1-7,12-13,16,18,20-21H,8-11,14-15,17H2,(H2,34,35,36). The molecule has 7 rings (SSSR count). The third-order valence-corrected chi connectivity index (χ3v) is 8.40. The lowest BCUT2D eigenvalue weighted by atomic mass is 9.89. The van der Waals surface area contributed by atoms with Crippen molar-refractivity contribution in [2.24, 2.45) is 0 Å². The summed E-state index contributed by atoms with van der Waals surface area (Å²) < 4.78 is 49.1. The van der Waals surface area contributed by atoms with Crippen molar-refractivity contribution in [3.63, 3.8) is 0 Å². The van der Waals surface area contributed by atoms with Gasteiger partial charge >= 0.3 is 6.18 Å². The Morgan fingerprint density at radius 3 is 2.29 bits per heavy atom. The Bertz CT molecular complexity index is 1710. The van der Waals surface area contributed by atoms with Crippen molar-refractivity contribution in [3.05, 3.63) is 78.8 Å². The van der Waals surface area contributed by atoms with Crippen LogP contribution in [0.2, 0.25) is 0 Å². The molecule has 0 atom stereocenters. The molecule has 12 heteroatoms. The summed E-state index contributed by atoms with van der Waals surface area (Å²) in [4.78, 5) is 11.1. The molecule has 0 unspecified atom stereocenters. The molecule has 0 bridgehead atoms. The van der Waals surface area contributed by atoms with E-state index in [0.29, 0.717) is 24.7 Å². The van der Waals surface area contributed by atoms with Gasteiger partial charge in [-0.3, -0.25) is 4.90 Å². The molecule has 3 aromatic heterocycles. The number of hydrogen-bond donors (Lipinski definition) is 1. The number of para-hydroxylation sites is 1. The summed E-state index contributed by atoms with van der Waals surface area (Å²) in [6.07, 6.45) is 2.80. The quantitative estimate of drug-likeness (QED) is 0.271. The van der Waals surface area contributed by atoms with Crippen molar-refractivity contribution in [2.45, 2.75) is 57.0 Å². The van der Waals surface area contributed by atoms with Gasteiger partial charge in [0, 0.05) is 36.9 Å². The minimum atomic E-state index is -4.49. The maximum atomic E-state index is 13.2. The Kier molecular flexibility index (Phi) is 6.57. The number of ether oxygens (including phenoxy) is 1. The van der Waals surface area contributed by atoms with Crippen LogP contribution in [0.4, 0.5) is 19.0 Å². The monoisotopic (exact) mass is 574 g/mol. The average Bonchev–Trinajstić information content (AvgIpc) is 3.61. The molecule has 0 spiro atoms. The largest absolute Gasteiger partial charge is 0.457 e. The number of benzene rings is 2. The van der Waals surface area contributed by atoms with Gasteiger partial charge in [-0.2, -0.15) is 13.2 Å². The van der Waals surface area contributed by atoms with Crippen molar-refractivity contribution in [1.29, 1.82) is 0 Å². The summed E-state index contributed by atoms with van der Waals surface area (Å²) in [6, 6.07) is 18.0. The first-order valence-electron chi connectivity index (χ1n) is 14.0. The Morgan fingerprint density at radius 2 is 1.55 bits per heavy atom. The summed E-state index contributed by atoms with van der Waals surface area (Å²) in [5, 5.41) is 8.09. The van der Waals surface area contributed by atoms with Crippen molar-refractivity contribution < 1.29 is 17.9 Å². The number of rotatable bonds is 5. The molecule has 1 saturated carbocycles. The first-order chi connectivity index (χ1) is 20.3. The van der Waals surface area contributed by atoms with Gasteiger partial charge in [-0.25, -0.2) is 9.97 Å². The predicted molar refractivity (Wildman–Crippen MR) is 151 cm³/mol. The number of aromatic nitrogens is 6. The SMILES string of the molecule is Nc1ncnc2c1c(-c1ccc(Oc3ccccc3)cc1)cn2C1CCC(N2CCn3c(nnc3C(F)(F)F)C2)CC1. The molecule has 5 aromatic rings. The number of hydrogen-bond acceptors (Lipinski definition) is 7. The highest BCUT2D eigenvalue weighted by atomic mass is 19.4. The van der Waals surface area contributed by atoms with Gasteiger partial charge in [0.2, 0.25) is 5.82 Å². The number of halogens is 3. The van der Waals surface area contributed by atoms with Gasteiger partial charge in [0.25, 0.3) is 0 Å². The molecule has 42 heavy (non-hydrogen) atoms. The summed E-state index contributed by atoms with van der Waals surface area (Å²) in [6.45, 7) is 1.17. The first-order valence-corrected chi connectivity index (χ1v) is 14.0. The molecule has 4 heterocycles. The number of fused-ring (bicyclic) bond motifs is 2. The fourth-order valence-electron chi connectivity index (χ4n) is 6.33. The van der Waals surface area contributed by atoms with Crippen LogP contribution in [0.5, 0.6) is 11.5 Å². The van der Waals surface area contributed by atoms with Gasteiger partial charge in [0.15, 0.2) is 0 Å². The number of alkyl halides is 3. The van der Waals surface area contributed by atoms with E-state index in [-0.39, 0.29) is 18.6 Å². The Labute approximate surface area is 239 Å². The van der Waals surface area contributed by atoms with E-state index in [1.165, 1.54) is 10.9 Å². The second-order valence-electron chi connectivity index (χ2n) is 10.9. The van der Waals surface area contributed by atoms with Crippen LogP contribution in [0.15, 0.2) is 67.1 Å². The maximum Gasteiger partial charge on any atom is 0.451 e. The fourth-order valence-corrected chi connectivity index (χ4v) is 6.33. The number of nitrogens with zero attached hydrogens (tertiary/aromatic N) is 7. The van der Waals surface area contributed by atoms with Crippen molar-refractivity contribution in [1.82, 2.24) is 34.2 Å². The summed E-state index contributed by atoms with van der Waals surface area (Å²) >= 11 is 0. The van der Waals surface area contributed by atoms with Gasteiger partial charge in [-0.05, 0) is 55.5 Å². The van der Waals surface area contributed by atoms with Crippen molar-refractivity contribution >= 4 is 16.9 Å². The first kappa shape index (κ1) is 26.4. The minimum Gasteiger partial charge on any atom is -0.457 e. The molecule has 216 valence electrons. The molecular formula is C30H29F3N8O. The van der Waals surface area contributed by atoms with Crippen molar-refractivity contribution in [2.75, 3.05) is 12.3 Å². The Balaban J connectivity index is 1.09. The maximum absolute atomic E-state index is 13.2. The topological polar surface area (TPSA) is 99.9 Å². The van der Waals surface area contributed by atoms with E-state index in [0.717, 1.165) is 59.3 Å². The molecule has 1 aliphatic carbocycles. The minimum absolute atomic E-state index is 0.220. The van der Waals surface area contributed by atoms with E-state index in [1.807, 2.05) is 54.6 Å². The number of nitrogen functional groups attached to an aromatic ring is 1. The highest BCUT2D eigenvalue weighted by molar-refractivity contribution is 6.00. The lowest BCUT2D eigenvalue weighted by Gasteiger charge is -2.39. The van der Waals surface area contributed by atoms with Gasteiger partial charge in [-0.1, -0.05) is 30.3 Å². The van der Waals surface area contributed by atoms with E-state index in [4.69, 9.17) is 10.5 Å². The molecule has 2 aliphatic rings. The van der Waals surface area contributed by atoms with E-state index < -0.39 is 12.0 Å². The van der Waals surface area contributed by atoms with Gasteiger partial charge in [0.1, 0.15) is 35.1 Å². The van der Waals surface area contributed by atoms with Crippen LogP contribution in [-0.2, 0) is 19.3 Å². The third kappa shape index (κ3) is 4.85. The normalized spacial score (nSPS) is 19.6. The smallest absolute Gasteiger partial charge is 0.451 e. The van der Waals surface area contributed by atoms with Crippen LogP contribution < -0.4 is 10.5 Å². The zero-order valence-electron chi connectivity index (χ0n) is 22.7. The average molecular weight is 575 g/mol. The summed E-state index contributed by atoms with van der Waals surface area (Å²) in [7, 11) is 0. The molecule has 9 nitrogen and oxygen atoms in total. The molecular weight excluding hydrogens is 545 g/mol. The third-order valence-electron chi connectivity index (χ3n) is 8.40. The van der Waals surface area contributed by atoms with Crippen LogP contribution in [0.1, 0.15) is 43.4 Å². The van der Waals surface area contributed by atoms with Crippen molar-refractivity contribution in [3.8, 4) is 22.6 Å². The Hall–Kier alpha value is -4.45. The van der Waals surface area contributed by atoms with Crippen LogP contribution in [0.25, 0.3) is 22.2 Å². The fraction of sp³-hybridized carbons (Fsp3) is 0.333. The highest BCUT2D eigenvalue weighted by Crippen LogP contribution is 2.40. The number of nitrogens with two attached hydrogens (primary N) is 1. The Morgan fingerprint density at radius 1 is 0.833 bits per heavy atom. The lowest BCUT2D eigenvalue weighted by Crippen LogP contribution is -2.43. The lowest BCUT2D eigenvalue weighted by molar-refractivity contribution is -0.148. The van der Waals surface area contributed by atoms with E-state index in [2.05, 4.69) is 35.8 Å². The predicted octanol–water partition coefficient (Wildman–Crippen LogP) is 6.08. The molecule has 1 fully saturated rings. The van der Waals surface area contributed by atoms with Crippen LogP contribution in [-0.4, -0.2) is 46.8 Å². The summed E-state index contributed by atoms with van der Waals surface area (Å²) in [5.41, 5.74) is 9.14. The van der Waals surface area contributed by atoms with Gasteiger partial charge in [0.05, 0.1) is 11.9 Å². The molecule has 2 aromatic carbocycles. The molecule has 0 amide bonds. The van der Waals surface area contributed by atoms with Crippen LogP contribution >= 0.6 is 0 Å². The van der Waals surface area contributed by atoms with E-state index in [9.17, 15) is 13.2 Å². The second kappa shape index (κ2) is 10.4. The van der Waals surface area contributed by atoms with Crippen LogP contribution in [0.3, 0.4) is 0 Å². The molecule has 1 aliphatic heterocycles. The molecule has 0 saturated heterocycles.